The highest BCUT2D eigenvalue weighted by molar-refractivity contribution is 7.89. The maximum atomic E-state index is 12.4. The topological polar surface area (TPSA) is 83.4 Å². The zero-order chi connectivity index (χ0) is 15.5. The Bertz CT molecular complexity index is 714. The standard InChI is InChI=1S/C14H17N3O3S/c1-11-4-3-5-13(16-11)9-17(2)21(19,20)14-7-6-12(10-18)8-15-14/h3-8,18H,9-10H2,1-2H3. The first-order valence-electron chi connectivity index (χ1n) is 6.38. The summed E-state index contributed by atoms with van der Waals surface area (Å²) in [7, 11) is -2.19. The number of hydrogen-bond acceptors (Lipinski definition) is 5. The van der Waals surface area contributed by atoms with Crippen molar-refractivity contribution in [1.29, 1.82) is 0 Å². The predicted molar refractivity (Wildman–Crippen MR) is 77.8 cm³/mol. The van der Waals surface area contributed by atoms with Gasteiger partial charge >= 0.3 is 0 Å². The lowest BCUT2D eigenvalue weighted by atomic mass is 10.3. The van der Waals surface area contributed by atoms with E-state index in [1.165, 1.54) is 23.6 Å². The molecule has 21 heavy (non-hydrogen) atoms. The van der Waals surface area contributed by atoms with Crippen LogP contribution in [-0.2, 0) is 23.2 Å². The Morgan fingerprint density at radius 2 is 2.00 bits per heavy atom. The molecule has 0 aliphatic heterocycles. The third-order valence-corrected chi connectivity index (χ3v) is 4.71. The van der Waals surface area contributed by atoms with E-state index in [9.17, 15) is 8.42 Å². The maximum Gasteiger partial charge on any atom is 0.260 e. The Labute approximate surface area is 124 Å². The number of aliphatic hydroxyl groups excluding tert-OH is 1. The van der Waals surface area contributed by atoms with Crippen LogP contribution >= 0.6 is 0 Å². The fourth-order valence-corrected chi connectivity index (χ4v) is 2.86. The van der Waals surface area contributed by atoms with Crippen LogP contribution in [0, 0.1) is 6.92 Å². The first-order valence-corrected chi connectivity index (χ1v) is 7.82. The molecule has 2 aromatic rings. The summed E-state index contributed by atoms with van der Waals surface area (Å²) in [5.74, 6) is 0. The summed E-state index contributed by atoms with van der Waals surface area (Å²) < 4.78 is 26.0. The average Bonchev–Trinajstić information content (AvgIpc) is 2.47. The van der Waals surface area contributed by atoms with E-state index in [1.807, 2.05) is 19.1 Å². The molecule has 7 heteroatoms. The van der Waals surface area contributed by atoms with Gasteiger partial charge in [0.2, 0.25) is 0 Å². The molecule has 0 unspecified atom stereocenters. The van der Waals surface area contributed by atoms with Crippen LogP contribution in [0.5, 0.6) is 0 Å². The summed E-state index contributed by atoms with van der Waals surface area (Å²) in [6.07, 6.45) is 1.35. The second-order valence-corrected chi connectivity index (χ2v) is 6.69. The van der Waals surface area contributed by atoms with Crippen molar-refractivity contribution >= 4 is 10.0 Å². The van der Waals surface area contributed by atoms with E-state index in [0.717, 1.165) is 5.69 Å². The molecule has 0 atom stereocenters. The van der Waals surface area contributed by atoms with Crippen LogP contribution in [0.1, 0.15) is 17.0 Å². The molecule has 6 nitrogen and oxygen atoms in total. The van der Waals surface area contributed by atoms with Crippen LogP contribution < -0.4 is 0 Å². The number of pyridine rings is 2. The van der Waals surface area contributed by atoms with Gasteiger partial charge in [-0.2, -0.15) is 4.31 Å². The number of rotatable bonds is 5. The summed E-state index contributed by atoms with van der Waals surface area (Å²) in [4.78, 5) is 8.18. The highest BCUT2D eigenvalue weighted by Gasteiger charge is 2.22. The zero-order valence-corrected chi connectivity index (χ0v) is 12.7. The van der Waals surface area contributed by atoms with Crippen LogP contribution in [0.15, 0.2) is 41.6 Å². The van der Waals surface area contributed by atoms with Crippen LogP contribution in [0.2, 0.25) is 0 Å². The normalized spacial score (nSPS) is 11.8. The van der Waals surface area contributed by atoms with E-state index in [-0.39, 0.29) is 18.2 Å². The molecule has 0 fully saturated rings. The molecule has 0 radical (unpaired) electrons. The van der Waals surface area contributed by atoms with Crippen molar-refractivity contribution in [3.63, 3.8) is 0 Å². The van der Waals surface area contributed by atoms with Gasteiger partial charge in [-0.1, -0.05) is 12.1 Å². The molecule has 0 aliphatic rings. The predicted octanol–water partition coefficient (Wildman–Crippen LogP) is 1.10. The number of hydrogen-bond donors (Lipinski definition) is 1. The smallest absolute Gasteiger partial charge is 0.260 e. The van der Waals surface area contributed by atoms with E-state index in [1.54, 1.807) is 12.1 Å². The van der Waals surface area contributed by atoms with Crippen molar-refractivity contribution in [1.82, 2.24) is 14.3 Å². The van der Waals surface area contributed by atoms with Gasteiger partial charge in [0.15, 0.2) is 5.03 Å². The molecule has 0 aromatic carbocycles. The van der Waals surface area contributed by atoms with Gasteiger partial charge in [0.05, 0.1) is 18.8 Å². The third-order valence-electron chi connectivity index (χ3n) is 2.99. The van der Waals surface area contributed by atoms with E-state index in [0.29, 0.717) is 11.3 Å². The lowest BCUT2D eigenvalue weighted by Crippen LogP contribution is -2.27. The molecule has 2 rings (SSSR count). The molecule has 0 amide bonds. The Hall–Kier alpha value is -1.83. The minimum atomic E-state index is -3.67. The van der Waals surface area contributed by atoms with Crippen molar-refractivity contribution in [2.75, 3.05) is 7.05 Å². The van der Waals surface area contributed by atoms with E-state index >= 15 is 0 Å². The van der Waals surface area contributed by atoms with Crippen molar-refractivity contribution in [3.05, 3.63) is 53.5 Å². The second-order valence-electron chi connectivity index (χ2n) is 4.69. The number of aromatic nitrogens is 2. The molecular weight excluding hydrogens is 290 g/mol. The number of aliphatic hydroxyl groups is 1. The Balaban J connectivity index is 2.21. The minimum absolute atomic E-state index is 0.0464. The Morgan fingerprint density at radius 3 is 2.57 bits per heavy atom. The van der Waals surface area contributed by atoms with Crippen LogP contribution in [0.3, 0.4) is 0 Å². The van der Waals surface area contributed by atoms with E-state index in [4.69, 9.17) is 5.11 Å². The van der Waals surface area contributed by atoms with Crippen LogP contribution in [-0.4, -0.2) is 34.8 Å². The zero-order valence-electron chi connectivity index (χ0n) is 11.9. The number of aryl methyl sites for hydroxylation is 1. The fourth-order valence-electron chi connectivity index (χ4n) is 1.82. The van der Waals surface area contributed by atoms with Gasteiger partial charge in [-0.15, -0.1) is 0 Å². The highest BCUT2D eigenvalue weighted by Crippen LogP contribution is 2.14. The lowest BCUT2D eigenvalue weighted by molar-refractivity contribution is 0.281. The molecule has 112 valence electrons. The molecule has 2 heterocycles. The lowest BCUT2D eigenvalue weighted by Gasteiger charge is -2.16. The van der Waals surface area contributed by atoms with Crippen molar-refractivity contribution in [2.45, 2.75) is 25.1 Å². The van der Waals surface area contributed by atoms with Gasteiger partial charge in [0.1, 0.15) is 0 Å². The van der Waals surface area contributed by atoms with Crippen molar-refractivity contribution in [3.8, 4) is 0 Å². The maximum absolute atomic E-state index is 12.4. The first-order chi connectivity index (χ1) is 9.93. The monoisotopic (exact) mass is 307 g/mol. The molecule has 0 saturated heterocycles. The summed E-state index contributed by atoms with van der Waals surface area (Å²) in [6, 6.07) is 8.40. The summed E-state index contributed by atoms with van der Waals surface area (Å²) in [5, 5.41) is 8.91. The number of sulfonamides is 1. The molecule has 0 aliphatic carbocycles. The molecule has 0 spiro atoms. The van der Waals surface area contributed by atoms with Crippen LogP contribution in [0.4, 0.5) is 0 Å². The third kappa shape index (κ3) is 3.63. The van der Waals surface area contributed by atoms with Gasteiger partial charge in [-0.25, -0.2) is 13.4 Å². The second kappa shape index (κ2) is 6.30. The SMILES string of the molecule is Cc1cccc(CN(C)S(=O)(=O)c2ccc(CO)cn2)n1. The quantitative estimate of drug-likeness (QED) is 0.894. The van der Waals surface area contributed by atoms with Crippen molar-refractivity contribution in [2.24, 2.45) is 0 Å². The summed E-state index contributed by atoms with van der Waals surface area (Å²) >= 11 is 0. The summed E-state index contributed by atoms with van der Waals surface area (Å²) in [5.41, 5.74) is 2.08. The summed E-state index contributed by atoms with van der Waals surface area (Å²) in [6.45, 7) is 1.86. The van der Waals surface area contributed by atoms with E-state index in [2.05, 4.69) is 9.97 Å². The van der Waals surface area contributed by atoms with Crippen molar-refractivity contribution < 1.29 is 13.5 Å². The van der Waals surface area contributed by atoms with Gasteiger partial charge in [-0.05, 0) is 30.7 Å². The molecule has 0 saturated carbocycles. The molecule has 1 N–H and O–H groups in total. The fraction of sp³-hybridized carbons (Fsp3) is 0.286. The van der Waals surface area contributed by atoms with Crippen LogP contribution in [0.25, 0.3) is 0 Å². The van der Waals surface area contributed by atoms with Gasteiger partial charge in [-0.3, -0.25) is 4.98 Å². The number of nitrogens with zero attached hydrogens (tertiary/aromatic N) is 3. The molecule has 2 aromatic heterocycles. The first kappa shape index (κ1) is 15.6. The van der Waals surface area contributed by atoms with Gasteiger partial charge < -0.3 is 5.11 Å². The molecular formula is C14H17N3O3S. The van der Waals surface area contributed by atoms with E-state index < -0.39 is 10.0 Å². The van der Waals surface area contributed by atoms with Gasteiger partial charge in [0.25, 0.3) is 10.0 Å². The minimum Gasteiger partial charge on any atom is -0.392 e. The highest BCUT2D eigenvalue weighted by atomic mass is 32.2. The Morgan fingerprint density at radius 1 is 1.24 bits per heavy atom. The van der Waals surface area contributed by atoms with Gasteiger partial charge in [0, 0.05) is 18.9 Å². The Kier molecular flexibility index (Phi) is 4.66. The molecule has 0 bridgehead atoms. The largest absolute Gasteiger partial charge is 0.392 e. The average molecular weight is 307 g/mol.